The zero-order chi connectivity index (χ0) is 22.0. The van der Waals surface area contributed by atoms with Crippen LogP contribution in [0.25, 0.3) is 5.65 Å². The van der Waals surface area contributed by atoms with Crippen LogP contribution in [0.1, 0.15) is 43.0 Å². The van der Waals surface area contributed by atoms with Gasteiger partial charge in [-0.3, -0.25) is 9.20 Å². The molecule has 1 N–H and O–H groups in total. The molecule has 9 nitrogen and oxygen atoms in total. The highest BCUT2D eigenvalue weighted by atomic mass is 16.5. The van der Waals surface area contributed by atoms with E-state index in [1.54, 1.807) is 42.5 Å². The molecule has 0 radical (unpaired) electrons. The monoisotopic (exact) mass is 424 g/mol. The van der Waals surface area contributed by atoms with Crippen molar-refractivity contribution >= 4 is 23.1 Å². The summed E-state index contributed by atoms with van der Waals surface area (Å²) in [6.07, 6.45) is 8.11. The smallest absolute Gasteiger partial charge is 0.350 e. The fourth-order valence-corrected chi connectivity index (χ4v) is 4.10. The number of rotatable bonds is 7. The van der Waals surface area contributed by atoms with Crippen LogP contribution in [0.2, 0.25) is 0 Å². The Labute approximate surface area is 180 Å². The molecule has 3 aromatic rings. The summed E-state index contributed by atoms with van der Waals surface area (Å²) >= 11 is 0. The van der Waals surface area contributed by atoms with Crippen molar-refractivity contribution in [3.8, 4) is 5.75 Å². The third-order valence-electron chi connectivity index (χ3n) is 5.69. The van der Waals surface area contributed by atoms with E-state index in [4.69, 9.17) is 4.74 Å². The van der Waals surface area contributed by atoms with E-state index in [0.717, 1.165) is 6.54 Å². The van der Waals surface area contributed by atoms with Crippen molar-refractivity contribution in [3.05, 3.63) is 46.6 Å². The van der Waals surface area contributed by atoms with E-state index < -0.39 is 0 Å². The van der Waals surface area contributed by atoms with E-state index in [1.807, 2.05) is 14.0 Å². The van der Waals surface area contributed by atoms with Crippen molar-refractivity contribution in [3.63, 3.8) is 0 Å². The van der Waals surface area contributed by atoms with Gasteiger partial charge in [-0.2, -0.15) is 5.10 Å². The Morgan fingerprint density at radius 2 is 2.10 bits per heavy atom. The maximum atomic E-state index is 12.9. The number of ether oxygens (including phenoxy) is 1. The maximum absolute atomic E-state index is 12.9. The minimum Gasteiger partial charge on any atom is -0.490 e. The summed E-state index contributed by atoms with van der Waals surface area (Å²) in [5.74, 6) is 1.53. The molecule has 0 aliphatic heterocycles. The van der Waals surface area contributed by atoms with Crippen LogP contribution in [0.3, 0.4) is 0 Å². The molecule has 1 aliphatic carbocycles. The summed E-state index contributed by atoms with van der Waals surface area (Å²) in [5, 5.41) is 7.40. The summed E-state index contributed by atoms with van der Waals surface area (Å²) in [6.45, 7) is 3.10. The minimum atomic E-state index is -0.209. The molecule has 4 rings (SSSR count). The Kier molecular flexibility index (Phi) is 5.92. The average molecular weight is 425 g/mol. The second kappa shape index (κ2) is 8.79. The molecule has 31 heavy (non-hydrogen) atoms. The SMILES string of the molecule is CCOc1cc(C(=O)N(C)CC2CCCC2)cnc1Nc1ccn2c(=O)n(C)nc2c1. The largest absolute Gasteiger partial charge is 0.490 e. The lowest BCUT2D eigenvalue weighted by molar-refractivity contribution is 0.0772. The first-order chi connectivity index (χ1) is 15.0. The topological polar surface area (TPSA) is 93.8 Å². The molecular formula is C22H28N6O3. The number of amides is 1. The molecule has 1 saturated carbocycles. The van der Waals surface area contributed by atoms with Gasteiger partial charge in [-0.05, 0) is 37.8 Å². The second-order valence-corrected chi connectivity index (χ2v) is 8.01. The van der Waals surface area contributed by atoms with Crippen molar-refractivity contribution in [2.45, 2.75) is 32.6 Å². The van der Waals surface area contributed by atoms with Crippen molar-refractivity contribution < 1.29 is 9.53 Å². The van der Waals surface area contributed by atoms with Gasteiger partial charge in [0.25, 0.3) is 5.91 Å². The number of fused-ring (bicyclic) bond motifs is 1. The quantitative estimate of drug-likeness (QED) is 0.627. The predicted octanol–water partition coefficient (Wildman–Crippen LogP) is 2.83. The molecule has 1 amide bonds. The van der Waals surface area contributed by atoms with Crippen LogP contribution < -0.4 is 15.7 Å². The Morgan fingerprint density at radius 3 is 2.84 bits per heavy atom. The standard InChI is InChI=1S/C22H28N6O3/c1-4-31-18-11-16(21(29)26(2)14-15-7-5-6-8-15)13-23-20(18)24-17-9-10-28-19(12-17)25-27(3)22(28)30/h9-13,15H,4-8,14H2,1-3H3,(H,23,24). The lowest BCUT2D eigenvalue weighted by Gasteiger charge is -2.21. The highest BCUT2D eigenvalue weighted by molar-refractivity contribution is 5.94. The van der Waals surface area contributed by atoms with Gasteiger partial charge in [0.2, 0.25) is 0 Å². The number of pyridine rings is 2. The van der Waals surface area contributed by atoms with Gasteiger partial charge in [0, 0.05) is 44.8 Å². The summed E-state index contributed by atoms with van der Waals surface area (Å²) in [7, 11) is 3.45. The molecule has 0 aromatic carbocycles. The van der Waals surface area contributed by atoms with Crippen molar-refractivity contribution in [1.82, 2.24) is 24.1 Å². The van der Waals surface area contributed by atoms with Gasteiger partial charge in [0.1, 0.15) is 0 Å². The zero-order valence-corrected chi connectivity index (χ0v) is 18.2. The molecule has 0 saturated heterocycles. The van der Waals surface area contributed by atoms with E-state index >= 15 is 0 Å². The van der Waals surface area contributed by atoms with Crippen LogP contribution in [0, 0.1) is 5.92 Å². The molecule has 3 heterocycles. The number of nitrogens with zero attached hydrogens (tertiary/aromatic N) is 5. The summed E-state index contributed by atoms with van der Waals surface area (Å²) in [4.78, 5) is 31.1. The first-order valence-electron chi connectivity index (χ1n) is 10.7. The third kappa shape index (κ3) is 4.40. The van der Waals surface area contributed by atoms with Gasteiger partial charge >= 0.3 is 5.69 Å². The van der Waals surface area contributed by atoms with Crippen LogP contribution in [0.15, 0.2) is 35.4 Å². The predicted molar refractivity (Wildman–Crippen MR) is 118 cm³/mol. The zero-order valence-electron chi connectivity index (χ0n) is 18.2. The van der Waals surface area contributed by atoms with E-state index in [1.165, 1.54) is 34.8 Å². The number of hydrogen-bond acceptors (Lipinski definition) is 6. The van der Waals surface area contributed by atoms with E-state index in [-0.39, 0.29) is 11.6 Å². The molecule has 9 heteroatoms. The number of aryl methyl sites for hydroxylation is 1. The molecule has 3 aromatic heterocycles. The first-order valence-corrected chi connectivity index (χ1v) is 10.7. The van der Waals surface area contributed by atoms with E-state index in [0.29, 0.717) is 41.0 Å². The molecular weight excluding hydrogens is 396 g/mol. The van der Waals surface area contributed by atoms with Crippen molar-refractivity contribution in [2.75, 3.05) is 25.5 Å². The number of anilines is 2. The normalized spacial score (nSPS) is 14.2. The van der Waals surface area contributed by atoms with Gasteiger partial charge in [-0.15, -0.1) is 0 Å². The van der Waals surface area contributed by atoms with Crippen LogP contribution in [0.4, 0.5) is 11.5 Å². The molecule has 0 bridgehead atoms. The number of carbonyl (C=O) groups excluding carboxylic acids is 1. The number of hydrogen-bond donors (Lipinski definition) is 1. The van der Waals surface area contributed by atoms with Crippen LogP contribution >= 0.6 is 0 Å². The maximum Gasteiger partial charge on any atom is 0.350 e. The Bertz CT molecular complexity index is 1150. The summed E-state index contributed by atoms with van der Waals surface area (Å²) in [5.41, 5.74) is 1.53. The number of nitrogens with one attached hydrogen (secondary N) is 1. The number of aromatic nitrogens is 4. The Morgan fingerprint density at radius 1 is 1.32 bits per heavy atom. The van der Waals surface area contributed by atoms with Crippen molar-refractivity contribution in [1.29, 1.82) is 0 Å². The highest BCUT2D eigenvalue weighted by Gasteiger charge is 2.21. The van der Waals surface area contributed by atoms with E-state index in [9.17, 15) is 9.59 Å². The van der Waals surface area contributed by atoms with Gasteiger partial charge < -0.3 is 15.0 Å². The highest BCUT2D eigenvalue weighted by Crippen LogP contribution is 2.28. The lowest BCUT2D eigenvalue weighted by atomic mass is 10.1. The fourth-order valence-electron chi connectivity index (χ4n) is 4.10. The van der Waals surface area contributed by atoms with Gasteiger partial charge in [-0.25, -0.2) is 14.5 Å². The first kappa shape index (κ1) is 20.9. The molecule has 0 spiro atoms. The minimum absolute atomic E-state index is 0.0545. The Hall–Kier alpha value is -3.36. The summed E-state index contributed by atoms with van der Waals surface area (Å²) < 4.78 is 8.50. The molecule has 1 aliphatic rings. The molecule has 164 valence electrons. The Balaban J connectivity index is 1.55. The van der Waals surface area contributed by atoms with Gasteiger partial charge in [0.05, 0.1) is 12.2 Å². The number of carbonyl (C=O) groups is 1. The third-order valence-corrected chi connectivity index (χ3v) is 5.69. The molecule has 1 fully saturated rings. The average Bonchev–Trinajstić information content (AvgIpc) is 3.36. The van der Waals surface area contributed by atoms with Crippen LogP contribution in [0.5, 0.6) is 5.75 Å². The molecule has 0 unspecified atom stereocenters. The fraction of sp³-hybridized carbons (Fsp3) is 0.455. The van der Waals surface area contributed by atoms with Gasteiger partial charge in [-0.1, -0.05) is 12.8 Å². The second-order valence-electron chi connectivity index (χ2n) is 8.01. The van der Waals surface area contributed by atoms with E-state index in [2.05, 4.69) is 15.4 Å². The molecule has 0 atom stereocenters. The summed E-state index contributed by atoms with van der Waals surface area (Å²) in [6, 6.07) is 5.26. The van der Waals surface area contributed by atoms with Crippen molar-refractivity contribution in [2.24, 2.45) is 13.0 Å². The lowest BCUT2D eigenvalue weighted by Crippen LogP contribution is -2.31. The van der Waals surface area contributed by atoms with Gasteiger partial charge in [0.15, 0.2) is 17.2 Å². The van der Waals surface area contributed by atoms with Crippen LogP contribution in [-0.2, 0) is 7.05 Å². The van der Waals surface area contributed by atoms with Crippen LogP contribution in [-0.4, -0.2) is 50.2 Å².